The Kier molecular flexibility index (Phi) is 4.21. The van der Waals surface area contributed by atoms with Crippen molar-refractivity contribution in [1.29, 1.82) is 0 Å². The molecule has 3 rings (SSSR count). The number of aliphatic hydroxyl groups is 1. The van der Waals surface area contributed by atoms with Crippen LogP contribution in [-0.4, -0.2) is 40.6 Å². The molecule has 0 saturated heterocycles. The van der Waals surface area contributed by atoms with Gasteiger partial charge in [-0.15, -0.1) is 0 Å². The molecule has 1 aliphatic rings. The number of aryl methyl sites for hydroxylation is 1. The van der Waals surface area contributed by atoms with Crippen LogP contribution in [-0.2, 0) is 11.2 Å². The summed E-state index contributed by atoms with van der Waals surface area (Å²) < 4.78 is 0. The van der Waals surface area contributed by atoms with E-state index in [0.29, 0.717) is 13.0 Å². The van der Waals surface area contributed by atoms with Gasteiger partial charge in [0, 0.05) is 36.6 Å². The van der Waals surface area contributed by atoms with Gasteiger partial charge in [0.05, 0.1) is 12.5 Å². The molecule has 1 heterocycles. The monoisotopic (exact) mass is 300 g/mol. The van der Waals surface area contributed by atoms with Crippen molar-refractivity contribution in [3.63, 3.8) is 0 Å². The zero-order valence-electron chi connectivity index (χ0n) is 13.3. The summed E-state index contributed by atoms with van der Waals surface area (Å²) in [6, 6.07) is 6.15. The molecular formula is C18H24N2O2. The number of carbonyl (C=O) groups excluding carboxylic acids is 1. The molecule has 0 radical (unpaired) electrons. The van der Waals surface area contributed by atoms with E-state index >= 15 is 0 Å². The first kappa shape index (κ1) is 15.1. The molecule has 2 atom stereocenters. The first-order valence-electron chi connectivity index (χ1n) is 8.04. The Labute approximate surface area is 131 Å². The third-order valence-electron chi connectivity index (χ3n) is 4.90. The van der Waals surface area contributed by atoms with Crippen LogP contribution in [0.3, 0.4) is 0 Å². The van der Waals surface area contributed by atoms with Gasteiger partial charge in [-0.05, 0) is 30.9 Å². The average molecular weight is 300 g/mol. The molecule has 2 aromatic rings. The molecule has 118 valence electrons. The standard InChI is InChI=1S/C18H24N2O2/c1-12-5-3-7-15-14(10-19-18(12)15)9-17(22)20(2)11-13-6-4-8-16(13)21/h3,5,7,10,13,16,19,21H,4,6,8-9,11H2,1-2H3. The summed E-state index contributed by atoms with van der Waals surface area (Å²) in [6.45, 7) is 2.72. The third-order valence-corrected chi connectivity index (χ3v) is 4.90. The summed E-state index contributed by atoms with van der Waals surface area (Å²) in [4.78, 5) is 17.5. The number of fused-ring (bicyclic) bond motifs is 1. The van der Waals surface area contributed by atoms with E-state index in [4.69, 9.17) is 0 Å². The molecule has 1 aromatic carbocycles. The molecule has 0 aliphatic heterocycles. The number of rotatable bonds is 4. The number of benzene rings is 1. The molecule has 0 spiro atoms. The highest BCUT2D eigenvalue weighted by Crippen LogP contribution is 2.26. The van der Waals surface area contributed by atoms with E-state index in [1.165, 1.54) is 5.56 Å². The molecule has 2 unspecified atom stereocenters. The first-order chi connectivity index (χ1) is 10.6. The van der Waals surface area contributed by atoms with E-state index < -0.39 is 0 Å². The fourth-order valence-electron chi connectivity index (χ4n) is 3.49. The lowest BCUT2D eigenvalue weighted by atomic mass is 10.0. The van der Waals surface area contributed by atoms with Crippen LogP contribution in [0.15, 0.2) is 24.4 Å². The minimum atomic E-state index is -0.244. The highest BCUT2D eigenvalue weighted by molar-refractivity contribution is 5.90. The van der Waals surface area contributed by atoms with Crippen molar-refractivity contribution in [2.75, 3.05) is 13.6 Å². The second kappa shape index (κ2) is 6.13. The van der Waals surface area contributed by atoms with E-state index in [1.807, 2.05) is 19.3 Å². The minimum absolute atomic E-state index is 0.113. The van der Waals surface area contributed by atoms with Gasteiger partial charge in [-0.25, -0.2) is 0 Å². The minimum Gasteiger partial charge on any atom is -0.393 e. The summed E-state index contributed by atoms with van der Waals surface area (Å²) >= 11 is 0. The maximum Gasteiger partial charge on any atom is 0.226 e. The zero-order valence-corrected chi connectivity index (χ0v) is 13.3. The van der Waals surface area contributed by atoms with Crippen LogP contribution in [0.4, 0.5) is 0 Å². The van der Waals surface area contributed by atoms with E-state index in [-0.39, 0.29) is 17.9 Å². The van der Waals surface area contributed by atoms with Crippen molar-refractivity contribution in [3.05, 3.63) is 35.5 Å². The van der Waals surface area contributed by atoms with E-state index in [9.17, 15) is 9.90 Å². The summed E-state index contributed by atoms with van der Waals surface area (Å²) in [5, 5.41) is 11.0. The van der Waals surface area contributed by atoms with Crippen LogP contribution in [0.5, 0.6) is 0 Å². The normalized spacial score (nSPS) is 21.4. The second-order valence-electron chi connectivity index (χ2n) is 6.52. The summed E-state index contributed by atoms with van der Waals surface area (Å²) in [5.74, 6) is 0.348. The van der Waals surface area contributed by atoms with E-state index in [1.54, 1.807) is 4.90 Å². The number of nitrogens with one attached hydrogen (secondary N) is 1. The lowest BCUT2D eigenvalue weighted by Gasteiger charge is -2.23. The quantitative estimate of drug-likeness (QED) is 0.912. The second-order valence-corrected chi connectivity index (χ2v) is 6.52. The molecule has 4 heteroatoms. The Balaban J connectivity index is 1.69. The molecule has 1 aliphatic carbocycles. The van der Waals surface area contributed by atoms with E-state index in [2.05, 4.69) is 24.0 Å². The van der Waals surface area contributed by atoms with Gasteiger partial charge in [-0.3, -0.25) is 4.79 Å². The maximum absolute atomic E-state index is 12.5. The van der Waals surface area contributed by atoms with Crippen LogP contribution in [0.2, 0.25) is 0 Å². The van der Waals surface area contributed by atoms with Crippen LogP contribution < -0.4 is 0 Å². The summed E-state index contributed by atoms with van der Waals surface area (Å²) in [7, 11) is 1.84. The Morgan fingerprint density at radius 1 is 1.41 bits per heavy atom. The molecule has 1 saturated carbocycles. The van der Waals surface area contributed by atoms with Gasteiger partial charge in [-0.1, -0.05) is 24.6 Å². The van der Waals surface area contributed by atoms with Gasteiger partial charge in [0.1, 0.15) is 0 Å². The predicted molar refractivity (Wildman–Crippen MR) is 87.7 cm³/mol. The van der Waals surface area contributed by atoms with Gasteiger partial charge in [0.15, 0.2) is 0 Å². The van der Waals surface area contributed by atoms with Gasteiger partial charge in [0.25, 0.3) is 0 Å². The maximum atomic E-state index is 12.5. The topological polar surface area (TPSA) is 56.3 Å². The molecule has 4 nitrogen and oxygen atoms in total. The molecule has 1 fully saturated rings. The van der Waals surface area contributed by atoms with Gasteiger partial charge < -0.3 is 15.0 Å². The van der Waals surface area contributed by atoms with Crippen molar-refractivity contribution < 1.29 is 9.90 Å². The molecule has 1 aromatic heterocycles. The zero-order chi connectivity index (χ0) is 15.7. The average Bonchev–Trinajstić information content (AvgIpc) is 3.07. The number of likely N-dealkylation sites (N-methyl/N-ethyl adjacent to an activating group) is 1. The number of aromatic nitrogens is 1. The largest absolute Gasteiger partial charge is 0.393 e. The number of amides is 1. The van der Waals surface area contributed by atoms with Crippen LogP contribution in [0, 0.1) is 12.8 Å². The molecule has 1 amide bonds. The number of H-pyrrole nitrogens is 1. The summed E-state index contributed by atoms with van der Waals surface area (Å²) in [5.41, 5.74) is 3.35. The number of hydrogen-bond acceptors (Lipinski definition) is 2. The van der Waals surface area contributed by atoms with Crippen molar-refractivity contribution in [2.45, 2.75) is 38.7 Å². The Hall–Kier alpha value is -1.81. The van der Waals surface area contributed by atoms with Crippen LogP contribution >= 0.6 is 0 Å². The number of para-hydroxylation sites is 1. The SMILES string of the molecule is Cc1cccc2c(CC(=O)N(C)CC3CCCC3O)c[nH]c12. The number of carbonyl (C=O) groups is 1. The molecule has 22 heavy (non-hydrogen) atoms. The highest BCUT2D eigenvalue weighted by Gasteiger charge is 2.27. The molecule has 2 N–H and O–H groups in total. The van der Waals surface area contributed by atoms with Gasteiger partial charge in [0.2, 0.25) is 5.91 Å². The molecular weight excluding hydrogens is 276 g/mol. The Morgan fingerprint density at radius 3 is 2.95 bits per heavy atom. The first-order valence-corrected chi connectivity index (χ1v) is 8.04. The lowest BCUT2D eigenvalue weighted by Crippen LogP contribution is -2.35. The predicted octanol–water partition coefficient (Wildman–Crippen LogP) is 2.64. The van der Waals surface area contributed by atoms with E-state index in [0.717, 1.165) is 35.7 Å². The van der Waals surface area contributed by atoms with Crippen molar-refractivity contribution in [2.24, 2.45) is 5.92 Å². The summed E-state index contributed by atoms with van der Waals surface area (Å²) in [6.07, 6.45) is 5.05. The fraction of sp³-hybridized carbons (Fsp3) is 0.500. The van der Waals surface area contributed by atoms with Gasteiger partial charge in [-0.2, -0.15) is 0 Å². The Bertz CT molecular complexity index is 677. The smallest absolute Gasteiger partial charge is 0.226 e. The van der Waals surface area contributed by atoms with Crippen molar-refractivity contribution >= 4 is 16.8 Å². The van der Waals surface area contributed by atoms with Gasteiger partial charge >= 0.3 is 0 Å². The van der Waals surface area contributed by atoms with Crippen LogP contribution in [0.1, 0.15) is 30.4 Å². The molecule has 0 bridgehead atoms. The van der Waals surface area contributed by atoms with Crippen LogP contribution in [0.25, 0.3) is 10.9 Å². The Morgan fingerprint density at radius 2 is 2.23 bits per heavy atom. The third kappa shape index (κ3) is 2.88. The van der Waals surface area contributed by atoms with Crippen molar-refractivity contribution in [3.8, 4) is 0 Å². The number of hydrogen-bond donors (Lipinski definition) is 2. The number of aromatic amines is 1. The number of aliphatic hydroxyl groups excluding tert-OH is 1. The fourth-order valence-corrected chi connectivity index (χ4v) is 3.49. The van der Waals surface area contributed by atoms with Crippen molar-refractivity contribution in [1.82, 2.24) is 9.88 Å². The lowest BCUT2D eigenvalue weighted by molar-refractivity contribution is -0.130. The number of nitrogens with zero attached hydrogens (tertiary/aromatic N) is 1. The highest BCUT2D eigenvalue weighted by atomic mass is 16.3.